The molecule has 0 saturated carbocycles. The number of rotatable bonds is 6. The van der Waals surface area contributed by atoms with E-state index in [1.54, 1.807) is 0 Å². The van der Waals surface area contributed by atoms with E-state index in [-0.39, 0.29) is 12.6 Å². The van der Waals surface area contributed by atoms with E-state index in [2.05, 4.69) is 21.9 Å². The Morgan fingerprint density at radius 2 is 1.79 bits per heavy atom. The second-order valence-electron chi connectivity index (χ2n) is 7.42. The number of nitrogens with zero attached hydrogens (tertiary/aromatic N) is 3. The Kier molecular flexibility index (Phi) is 7.23. The standard InChI is InChI=1S/C20H30N4O3S/c1-27-20(26)18(14-25)24-8-6-17(7-9-24)23-12-10-22(11-13-23)16-4-2-15(3-5-16)19(21)28/h2-5,17-18,25H,6-14H2,1H3,(H2,21,28). The summed E-state index contributed by atoms with van der Waals surface area (Å²) in [4.78, 5) is 19.2. The van der Waals surface area contributed by atoms with Crippen LogP contribution in [0.1, 0.15) is 18.4 Å². The quantitative estimate of drug-likeness (QED) is 0.520. The topological polar surface area (TPSA) is 82.3 Å². The zero-order valence-electron chi connectivity index (χ0n) is 16.4. The van der Waals surface area contributed by atoms with Gasteiger partial charge in [-0.2, -0.15) is 0 Å². The van der Waals surface area contributed by atoms with E-state index in [0.717, 1.165) is 57.7 Å². The van der Waals surface area contributed by atoms with Crippen LogP contribution in [0.4, 0.5) is 5.69 Å². The third kappa shape index (κ3) is 4.81. The number of hydrogen-bond donors (Lipinski definition) is 2. The average Bonchev–Trinajstić information content (AvgIpc) is 2.75. The molecule has 2 heterocycles. The Balaban J connectivity index is 1.48. The van der Waals surface area contributed by atoms with Crippen molar-refractivity contribution in [1.29, 1.82) is 0 Å². The molecule has 2 saturated heterocycles. The largest absolute Gasteiger partial charge is 0.468 e. The van der Waals surface area contributed by atoms with Gasteiger partial charge in [-0.1, -0.05) is 12.2 Å². The molecular weight excluding hydrogens is 376 g/mol. The SMILES string of the molecule is COC(=O)C(CO)N1CCC(N2CCN(c3ccc(C(N)=S)cc3)CC2)CC1. The first-order valence-electron chi connectivity index (χ1n) is 9.85. The van der Waals surface area contributed by atoms with Gasteiger partial charge in [0.05, 0.1) is 13.7 Å². The number of aliphatic hydroxyl groups is 1. The van der Waals surface area contributed by atoms with E-state index in [9.17, 15) is 9.90 Å². The molecule has 2 fully saturated rings. The molecule has 1 atom stereocenters. The molecule has 3 N–H and O–H groups in total. The summed E-state index contributed by atoms with van der Waals surface area (Å²) in [6.45, 7) is 5.48. The van der Waals surface area contributed by atoms with Crippen LogP contribution in [0.5, 0.6) is 0 Å². The van der Waals surface area contributed by atoms with E-state index in [1.165, 1.54) is 12.8 Å². The van der Waals surface area contributed by atoms with Crippen molar-refractivity contribution in [3.63, 3.8) is 0 Å². The third-order valence-electron chi connectivity index (χ3n) is 5.93. The number of likely N-dealkylation sites (tertiary alicyclic amines) is 1. The van der Waals surface area contributed by atoms with E-state index in [0.29, 0.717) is 11.0 Å². The maximum absolute atomic E-state index is 11.8. The third-order valence-corrected chi connectivity index (χ3v) is 6.17. The van der Waals surface area contributed by atoms with Crippen molar-refractivity contribution >= 4 is 28.9 Å². The zero-order chi connectivity index (χ0) is 20.1. The first-order valence-corrected chi connectivity index (χ1v) is 10.3. The summed E-state index contributed by atoms with van der Waals surface area (Å²) in [6.07, 6.45) is 2.02. The molecule has 0 radical (unpaired) electrons. The highest BCUT2D eigenvalue weighted by Crippen LogP contribution is 2.23. The number of thiocarbonyl (C=S) groups is 1. The van der Waals surface area contributed by atoms with E-state index >= 15 is 0 Å². The van der Waals surface area contributed by atoms with Crippen molar-refractivity contribution in [1.82, 2.24) is 9.80 Å². The van der Waals surface area contributed by atoms with Crippen LogP contribution in [-0.4, -0.2) is 90.9 Å². The molecule has 0 amide bonds. The predicted octanol–water partition coefficient (Wildman–Crippen LogP) is 0.441. The van der Waals surface area contributed by atoms with Crippen molar-refractivity contribution in [3.05, 3.63) is 29.8 Å². The van der Waals surface area contributed by atoms with Gasteiger partial charge >= 0.3 is 5.97 Å². The van der Waals surface area contributed by atoms with Crippen LogP contribution in [-0.2, 0) is 9.53 Å². The van der Waals surface area contributed by atoms with Gasteiger partial charge in [0.15, 0.2) is 0 Å². The number of carbonyl (C=O) groups is 1. The molecular formula is C20H30N4O3S. The van der Waals surface area contributed by atoms with Crippen molar-refractivity contribution in [3.8, 4) is 0 Å². The zero-order valence-corrected chi connectivity index (χ0v) is 17.2. The molecule has 0 aliphatic carbocycles. The lowest BCUT2D eigenvalue weighted by Gasteiger charge is -2.44. The summed E-state index contributed by atoms with van der Waals surface area (Å²) < 4.78 is 4.80. The molecule has 0 bridgehead atoms. The van der Waals surface area contributed by atoms with Gasteiger partial charge in [-0.15, -0.1) is 0 Å². The Hall–Kier alpha value is -1.74. The van der Waals surface area contributed by atoms with Gasteiger partial charge in [0, 0.05) is 56.6 Å². The molecule has 154 valence electrons. The Morgan fingerprint density at radius 1 is 1.18 bits per heavy atom. The highest BCUT2D eigenvalue weighted by Gasteiger charge is 2.32. The molecule has 2 aliphatic rings. The number of esters is 1. The predicted molar refractivity (Wildman–Crippen MR) is 114 cm³/mol. The van der Waals surface area contributed by atoms with E-state index < -0.39 is 6.04 Å². The van der Waals surface area contributed by atoms with Gasteiger partial charge < -0.3 is 20.5 Å². The fraction of sp³-hybridized carbons (Fsp3) is 0.600. The molecule has 8 heteroatoms. The average molecular weight is 407 g/mol. The minimum atomic E-state index is -0.535. The van der Waals surface area contributed by atoms with Crippen molar-refractivity contribution in [2.45, 2.75) is 24.9 Å². The maximum Gasteiger partial charge on any atom is 0.325 e. The summed E-state index contributed by atoms with van der Waals surface area (Å²) in [5.41, 5.74) is 7.78. The molecule has 2 aliphatic heterocycles. The lowest BCUT2D eigenvalue weighted by Crippen LogP contribution is -2.55. The van der Waals surface area contributed by atoms with Crippen LogP contribution in [0.15, 0.2) is 24.3 Å². The number of piperidine rings is 1. The Labute approximate surface area is 172 Å². The smallest absolute Gasteiger partial charge is 0.325 e. The molecule has 1 aromatic rings. The number of aliphatic hydroxyl groups excluding tert-OH is 1. The van der Waals surface area contributed by atoms with Crippen LogP contribution in [0.3, 0.4) is 0 Å². The Bertz CT molecular complexity index is 669. The van der Waals surface area contributed by atoms with Gasteiger partial charge in [0.1, 0.15) is 11.0 Å². The van der Waals surface area contributed by atoms with Crippen LogP contribution in [0.25, 0.3) is 0 Å². The summed E-state index contributed by atoms with van der Waals surface area (Å²) in [5, 5.41) is 9.51. The fourth-order valence-corrected chi connectivity index (χ4v) is 4.36. The summed E-state index contributed by atoms with van der Waals surface area (Å²) in [6, 6.07) is 8.14. The fourth-order valence-electron chi connectivity index (χ4n) is 4.22. The van der Waals surface area contributed by atoms with Crippen LogP contribution < -0.4 is 10.6 Å². The summed E-state index contributed by atoms with van der Waals surface area (Å²) in [7, 11) is 1.37. The molecule has 0 spiro atoms. The van der Waals surface area contributed by atoms with Gasteiger partial charge in [0.2, 0.25) is 0 Å². The van der Waals surface area contributed by atoms with Crippen molar-refractivity contribution in [2.24, 2.45) is 5.73 Å². The second kappa shape index (κ2) is 9.65. The molecule has 0 aromatic heterocycles. The van der Waals surface area contributed by atoms with Gasteiger partial charge in [-0.3, -0.25) is 14.6 Å². The second-order valence-corrected chi connectivity index (χ2v) is 7.86. The van der Waals surface area contributed by atoms with Crippen LogP contribution in [0, 0.1) is 0 Å². The first-order chi connectivity index (χ1) is 13.5. The highest BCUT2D eigenvalue weighted by molar-refractivity contribution is 7.80. The molecule has 3 rings (SSSR count). The first kappa shape index (κ1) is 21.0. The number of benzene rings is 1. The molecule has 1 aromatic carbocycles. The van der Waals surface area contributed by atoms with Crippen molar-refractivity contribution in [2.75, 3.05) is 57.9 Å². The lowest BCUT2D eigenvalue weighted by atomic mass is 10.0. The summed E-state index contributed by atoms with van der Waals surface area (Å²) >= 11 is 5.02. The number of ether oxygens (including phenoxy) is 1. The van der Waals surface area contributed by atoms with E-state index in [4.69, 9.17) is 22.7 Å². The van der Waals surface area contributed by atoms with Gasteiger partial charge in [-0.25, -0.2) is 0 Å². The number of hydrogen-bond acceptors (Lipinski definition) is 7. The molecule has 7 nitrogen and oxygen atoms in total. The molecule has 1 unspecified atom stereocenters. The monoisotopic (exact) mass is 406 g/mol. The normalized spacial score (nSPS) is 20.7. The maximum atomic E-state index is 11.8. The number of methoxy groups -OCH3 is 1. The van der Waals surface area contributed by atoms with Gasteiger partial charge in [-0.05, 0) is 37.1 Å². The van der Waals surface area contributed by atoms with Crippen molar-refractivity contribution < 1.29 is 14.6 Å². The lowest BCUT2D eigenvalue weighted by molar-refractivity contribution is -0.149. The highest BCUT2D eigenvalue weighted by atomic mass is 32.1. The number of nitrogens with two attached hydrogens (primary N) is 1. The number of anilines is 1. The van der Waals surface area contributed by atoms with E-state index in [1.807, 2.05) is 17.0 Å². The van der Waals surface area contributed by atoms with Crippen LogP contribution in [0.2, 0.25) is 0 Å². The van der Waals surface area contributed by atoms with Gasteiger partial charge in [0.25, 0.3) is 0 Å². The Morgan fingerprint density at radius 3 is 2.29 bits per heavy atom. The number of piperazine rings is 1. The minimum absolute atomic E-state index is 0.191. The van der Waals surface area contributed by atoms with Crippen LogP contribution >= 0.6 is 12.2 Å². The molecule has 28 heavy (non-hydrogen) atoms. The number of carbonyl (C=O) groups excluding carboxylic acids is 1. The minimum Gasteiger partial charge on any atom is -0.468 e. The summed E-state index contributed by atoms with van der Waals surface area (Å²) in [5.74, 6) is -0.351.